The van der Waals surface area contributed by atoms with E-state index in [1.54, 1.807) is 69.3 Å². The van der Waals surface area contributed by atoms with Crippen LogP contribution in [0.25, 0.3) is 6.08 Å². The first kappa shape index (κ1) is 21.8. The second-order valence-corrected chi connectivity index (χ2v) is 8.36. The van der Waals surface area contributed by atoms with Gasteiger partial charge < -0.3 is 9.47 Å². The molecule has 0 atom stereocenters. The third kappa shape index (κ3) is 6.58. The van der Waals surface area contributed by atoms with Crippen LogP contribution in [0.2, 0.25) is 5.02 Å². The molecule has 150 valence electrons. The molecule has 0 fully saturated rings. The molecule has 2 rings (SSSR count). The number of esters is 1. The molecule has 0 spiro atoms. The van der Waals surface area contributed by atoms with Gasteiger partial charge in [0.05, 0.1) is 12.0 Å². The van der Waals surface area contributed by atoms with Crippen molar-refractivity contribution < 1.29 is 22.7 Å². The molecule has 0 saturated carbocycles. The van der Waals surface area contributed by atoms with E-state index in [2.05, 4.69) is 4.72 Å². The van der Waals surface area contributed by atoms with E-state index in [-0.39, 0.29) is 6.61 Å². The summed E-state index contributed by atoms with van der Waals surface area (Å²) in [5, 5.41) is 1.65. The highest BCUT2D eigenvalue weighted by Crippen LogP contribution is 2.22. The Morgan fingerprint density at radius 3 is 2.29 bits per heavy atom. The molecule has 2 aromatic rings. The van der Waals surface area contributed by atoms with E-state index in [4.69, 9.17) is 21.1 Å². The van der Waals surface area contributed by atoms with E-state index >= 15 is 0 Å². The summed E-state index contributed by atoms with van der Waals surface area (Å²) >= 11 is 5.80. The number of benzene rings is 2. The zero-order chi connectivity index (χ0) is 20.8. The molecule has 0 aliphatic carbocycles. The third-order valence-electron chi connectivity index (χ3n) is 3.56. The van der Waals surface area contributed by atoms with Gasteiger partial charge in [-0.25, -0.2) is 13.2 Å². The molecular formula is C20H22ClNO5S. The zero-order valence-corrected chi connectivity index (χ0v) is 17.4. The van der Waals surface area contributed by atoms with Crippen LogP contribution < -0.4 is 9.46 Å². The maximum atomic E-state index is 12.2. The molecule has 0 aromatic heterocycles. The van der Waals surface area contributed by atoms with Crippen molar-refractivity contribution in [2.75, 3.05) is 11.3 Å². The number of anilines is 1. The van der Waals surface area contributed by atoms with Gasteiger partial charge in [-0.05, 0) is 68.8 Å². The molecule has 2 aromatic carbocycles. The predicted molar refractivity (Wildman–Crippen MR) is 111 cm³/mol. The molecular weight excluding hydrogens is 402 g/mol. The van der Waals surface area contributed by atoms with Crippen molar-refractivity contribution in [1.82, 2.24) is 0 Å². The molecule has 0 bridgehead atoms. The molecule has 1 N–H and O–H groups in total. The van der Waals surface area contributed by atoms with Gasteiger partial charge >= 0.3 is 5.97 Å². The van der Waals surface area contributed by atoms with E-state index in [0.29, 0.717) is 22.0 Å². The maximum absolute atomic E-state index is 12.2. The highest BCUT2D eigenvalue weighted by atomic mass is 35.5. The van der Waals surface area contributed by atoms with Crippen LogP contribution in [0.1, 0.15) is 26.3 Å². The molecule has 8 heteroatoms. The average Bonchev–Trinajstić information content (AvgIpc) is 2.63. The maximum Gasteiger partial charge on any atom is 0.349 e. The molecule has 0 amide bonds. The summed E-state index contributed by atoms with van der Waals surface area (Å²) in [6.45, 7) is 5.18. The highest BCUT2D eigenvalue weighted by Gasteiger charge is 2.31. The van der Waals surface area contributed by atoms with Crippen LogP contribution in [-0.2, 0) is 19.6 Å². The minimum Gasteiger partial charge on any atom is -0.476 e. The molecule has 0 radical (unpaired) electrons. The molecule has 6 nitrogen and oxygen atoms in total. The Labute approximate surface area is 170 Å². The van der Waals surface area contributed by atoms with Gasteiger partial charge in [0, 0.05) is 10.7 Å². The lowest BCUT2D eigenvalue weighted by Gasteiger charge is -2.24. The lowest BCUT2D eigenvalue weighted by Crippen LogP contribution is -2.39. The van der Waals surface area contributed by atoms with Crippen molar-refractivity contribution in [2.45, 2.75) is 26.4 Å². The quantitative estimate of drug-likeness (QED) is 0.633. The smallest absolute Gasteiger partial charge is 0.349 e. The second-order valence-electron chi connectivity index (χ2n) is 6.36. The van der Waals surface area contributed by atoms with Crippen molar-refractivity contribution >= 4 is 39.4 Å². The van der Waals surface area contributed by atoms with Crippen molar-refractivity contribution in [2.24, 2.45) is 0 Å². The fourth-order valence-electron chi connectivity index (χ4n) is 2.17. The number of ether oxygens (including phenoxy) is 2. The van der Waals surface area contributed by atoms with Crippen LogP contribution in [0.15, 0.2) is 53.9 Å². The summed E-state index contributed by atoms with van der Waals surface area (Å²) in [6, 6.07) is 13.0. The van der Waals surface area contributed by atoms with Gasteiger partial charge in [-0.2, -0.15) is 0 Å². The van der Waals surface area contributed by atoms with Gasteiger partial charge in [0.1, 0.15) is 5.75 Å². The van der Waals surface area contributed by atoms with Gasteiger partial charge in [-0.3, -0.25) is 4.72 Å². The number of rotatable bonds is 8. The molecule has 0 saturated heterocycles. The predicted octanol–water partition coefficient (Wildman–Crippen LogP) is 4.47. The number of carbonyl (C=O) groups is 1. The third-order valence-corrected chi connectivity index (χ3v) is 4.83. The van der Waals surface area contributed by atoms with Crippen LogP contribution in [0, 0.1) is 0 Å². The summed E-state index contributed by atoms with van der Waals surface area (Å²) in [5.74, 6) is -0.0650. The van der Waals surface area contributed by atoms with Crippen LogP contribution in [0.5, 0.6) is 5.75 Å². The number of hydrogen-bond donors (Lipinski definition) is 1. The van der Waals surface area contributed by atoms with Gasteiger partial charge in [-0.15, -0.1) is 0 Å². The number of nitrogens with one attached hydrogen (secondary N) is 1. The summed E-state index contributed by atoms with van der Waals surface area (Å²) in [6.07, 6.45) is 1.47. The minimum absolute atomic E-state index is 0.260. The standard InChI is InChI=1S/C20H22ClNO5S/c1-4-26-19(23)20(2,3)27-18-11-9-17(10-12-18)22-28(24,25)14-13-15-5-7-16(21)8-6-15/h5-14,22H,4H2,1-3H3. The number of halogens is 1. The lowest BCUT2D eigenvalue weighted by molar-refractivity contribution is -0.158. The van der Waals surface area contributed by atoms with Crippen molar-refractivity contribution in [3.63, 3.8) is 0 Å². The van der Waals surface area contributed by atoms with Crippen molar-refractivity contribution in [3.8, 4) is 5.75 Å². The summed E-state index contributed by atoms with van der Waals surface area (Å²) in [7, 11) is -3.69. The Bertz CT molecular complexity index is 936. The van der Waals surface area contributed by atoms with E-state index in [1.165, 1.54) is 6.08 Å². The lowest BCUT2D eigenvalue weighted by atomic mass is 10.1. The molecule has 0 unspecified atom stereocenters. The first-order chi connectivity index (χ1) is 13.1. The fourth-order valence-corrected chi connectivity index (χ4v) is 3.17. The Morgan fingerprint density at radius 1 is 1.11 bits per heavy atom. The SMILES string of the molecule is CCOC(=O)C(C)(C)Oc1ccc(NS(=O)(=O)C=Cc2ccc(Cl)cc2)cc1. The average molecular weight is 424 g/mol. The normalized spacial score (nSPS) is 12.0. The monoisotopic (exact) mass is 423 g/mol. The van der Waals surface area contributed by atoms with Gasteiger partial charge in [-0.1, -0.05) is 23.7 Å². The molecule has 0 heterocycles. The Hall–Kier alpha value is -2.51. The van der Waals surface area contributed by atoms with E-state index < -0.39 is 21.6 Å². The first-order valence-electron chi connectivity index (χ1n) is 8.54. The number of hydrogen-bond acceptors (Lipinski definition) is 5. The van der Waals surface area contributed by atoms with Crippen LogP contribution >= 0.6 is 11.6 Å². The van der Waals surface area contributed by atoms with Crippen LogP contribution in [-0.4, -0.2) is 26.6 Å². The fraction of sp³-hybridized carbons (Fsp3) is 0.250. The molecule has 28 heavy (non-hydrogen) atoms. The minimum atomic E-state index is -3.69. The summed E-state index contributed by atoms with van der Waals surface area (Å²) < 4.78 is 37.5. The highest BCUT2D eigenvalue weighted by molar-refractivity contribution is 7.95. The van der Waals surface area contributed by atoms with Crippen molar-refractivity contribution in [1.29, 1.82) is 0 Å². The Morgan fingerprint density at radius 2 is 1.71 bits per heavy atom. The van der Waals surface area contributed by atoms with E-state index in [9.17, 15) is 13.2 Å². The zero-order valence-electron chi connectivity index (χ0n) is 15.8. The van der Waals surface area contributed by atoms with E-state index in [0.717, 1.165) is 5.41 Å². The molecule has 0 aliphatic rings. The van der Waals surface area contributed by atoms with Gasteiger partial charge in [0.25, 0.3) is 10.0 Å². The molecule has 0 aliphatic heterocycles. The van der Waals surface area contributed by atoms with Crippen molar-refractivity contribution in [3.05, 3.63) is 64.5 Å². The summed E-state index contributed by atoms with van der Waals surface area (Å²) in [5.41, 5.74) is -0.0833. The largest absolute Gasteiger partial charge is 0.476 e. The van der Waals surface area contributed by atoms with Crippen LogP contribution in [0.4, 0.5) is 5.69 Å². The second kappa shape index (κ2) is 9.12. The number of carbonyl (C=O) groups excluding carboxylic acids is 1. The Balaban J connectivity index is 2.02. The van der Waals surface area contributed by atoms with Gasteiger partial charge in [0.2, 0.25) is 0 Å². The number of sulfonamides is 1. The van der Waals surface area contributed by atoms with E-state index in [1.807, 2.05) is 0 Å². The first-order valence-corrected chi connectivity index (χ1v) is 10.5. The topological polar surface area (TPSA) is 81.7 Å². The van der Waals surface area contributed by atoms with Gasteiger partial charge in [0.15, 0.2) is 5.60 Å². The Kier molecular flexibility index (Phi) is 7.10. The van der Waals surface area contributed by atoms with Crippen LogP contribution in [0.3, 0.4) is 0 Å². The summed E-state index contributed by atoms with van der Waals surface area (Å²) in [4.78, 5) is 11.9.